The highest BCUT2D eigenvalue weighted by atomic mass is 32.1. The molecule has 9 heteroatoms. The number of benzene rings is 1. The van der Waals surface area contributed by atoms with Gasteiger partial charge in [0.05, 0.1) is 11.6 Å². The van der Waals surface area contributed by atoms with Gasteiger partial charge in [-0.3, -0.25) is 4.79 Å². The van der Waals surface area contributed by atoms with Gasteiger partial charge in [-0.05, 0) is 24.6 Å². The molecule has 0 bridgehead atoms. The predicted octanol–water partition coefficient (Wildman–Crippen LogP) is 1.94. The van der Waals surface area contributed by atoms with E-state index in [9.17, 15) is 4.79 Å². The topological polar surface area (TPSA) is 117 Å². The second-order valence-corrected chi connectivity index (χ2v) is 8.18. The Labute approximate surface area is 181 Å². The molecule has 1 aromatic carbocycles. The molecule has 30 heavy (non-hydrogen) atoms. The number of unbranched alkanes of at least 4 members (excludes halogenated alkanes) is 1. The quantitative estimate of drug-likeness (QED) is 0.447. The van der Waals surface area contributed by atoms with Gasteiger partial charge >= 0.3 is 0 Å². The zero-order valence-electron chi connectivity index (χ0n) is 17.3. The van der Waals surface area contributed by atoms with E-state index < -0.39 is 6.04 Å². The van der Waals surface area contributed by atoms with Gasteiger partial charge in [-0.15, -0.1) is 0 Å². The van der Waals surface area contributed by atoms with E-state index >= 15 is 0 Å². The minimum Gasteiger partial charge on any atom is -0.382 e. The summed E-state index contributed by atoms with van der Waals surface area (Å²) >= 11 is 4.13. The molecule has 1 unspecified atom stereocenters. The maximum absolute atomic E-state index is 12.3. The van der Waals surface area contributed by atoms with E-state index in [4.69, 9.17) is 16.5 Å². The number of nitrogens with zero attached hydrogens (tertiary/aromatic N) is 4. The number of amides is 1. The lowest BCUT2D eigenvalue weighted by atomic mass is 10.1. The number of aromatic nitrogens is 3. The molecule has 1 aliphatic heterocycles. The first-order valence-electron chi connectivity index (χ1n) is 10.5. The molecule has 3 aromatic rings. The molecule has 1 saturated heterocycles. The number of pyridine rings is 1. The van der Waals surface area contributed by atoms with Crippen LogP contribution in [0.2, 0.25) is 0 Å². The second kappa shape index (κ2) is 8.69. The van der Waals surface area contributed by atoms with Crippen LogP contribution in [0.3, 0.4) is 0 Å². The molecule has 1 aliphatic rings. The zero-order chi connectivity index (χ0) is 21.3. The van der Waals surface area contributed by atoms with Crippen molar-refractivity contribution in [2.75, 3.05) is 42.6 Å². The SMILES string of the molecule is CCCCc1nc2c([nH]1)c(N)nc1ccc(N3CCN(C(=O)C(N)CS)CC3)cc12. The van der Waals surface area contributed by atoms with E-state index in [-0.39, 0.29) is 5.91 Å². The monoisotopic (exact) mass is 427 g/mol. The number of H-pyrrole nitrogens is 1. The molecule has 4 rings (SSSR count). The van der Waals surface area contributed by atoms with Crippen LogP contribution in [0.15, 0.2) is 18.2 Å². The van der Waals surface area contributed by atoms with Crippen molar-refractivity contribution in [1.29, 1.82) is 0 Å². The number of aromatic amines is 1. The predicted molar refractivity (Wildman–Crippen MR) is 125 cm³/mol. The molecular weight excluding hydrogens is 398 g/mol. The third-order valence-electron chi connectivity index (χ3n) is 5.72. The summed E-state index contributed by atoms with van der Waals surface area (Å²) in [5.41, 5.74) is 15.6. The van der Waals surface area contributed by atoms with Crippen molar-refractivity contribution in [2.24, 2.45) is 5.73 Å². The van der Waals surface area contributed by atoms with Gasteiger partial charge in [-0.25, -0.2) is 9.97 Å². The first-order valence-corrected chi connectivity index (χ1v) is 11.1. The van der Waals surface area contributed by atoms with Gasteiger partial charge in [0.1, 0.15) is 22.7 Å². The second-order valence-electron chi connectivity index (χ2n) is 7.81. The number of hydrogen-bond donors (Lipinski definition) is 4. The summed E-state index contributed by atoms with van der Waals surface area (Å²) in [6.45, 7) is 4.98. The number of imidazole rings is 1. The Balaban J connectivity index is 1.60. The Bertz CT molecular complexity index is 1060. The Kier molecular flexibility index (Phi) is 6.01. The Morgan fingerprint density at radius 3 is 2.73 bits per heavy atom. The van der Waals surface area contributed by atoms with Crippen LogP contribution in [0.4, 0.5) is 11.5 Å². The summed E-state index contributed by atoms with van der Waals surface area (Å²) in [6, 6.07) is 5.65. The third kappa shape index (κ3) is 3.91. The molecule has 1 amide bonds. The van der Waals surface area contributed by atoms with Crippen LogP contribution in [0, 0.1) is 0 Å². The highest BCUT2D eigenvalue weighted by Gasteiger charge is 2.25. The number of nitrogen functional groups attached to an aromatic ring is 1. The smallest absolute Gasteiger partial charge is 0.240 e. The fraction of sp³-hybridized carbons (Fsp3) is 0.476. The Hall–Kier alpha value is -2.52. The Morgan fingerprint density at radius 2 is 2.03 bits per heavy atom. The summed E-state index contributed by atoms with van der Waals surface area (Å²) in [5, 5.41) is 0.992. The Morgan fingerprint density at radius 1 is 1.27 bits per heavy atom. The summed E-state index contributed by atoms with van der Waals surface area (Å²) in [4.78, 5) is 29.1. The molecule has 5 N–H and O–H groups in total. The summed E-state index contributed by atoms with van der Waals surface area (Å²) in [6.07, 6.45) is 3.09. The normalized spacial score (nSPS) is 15.8. The van der Waals surface area contributed by atoms with Crippen molar-refractivity contribution >= 4 is 52.0 Å². The van der Waals surface area contributed by atoms with Crippen LogP contribution in [-0.2, 0) is 11.2 Å². The van der Waals surface area contributed by atoms with Gasteiger partial charge in [0.25, 0.3) is 0 Å². The molecule has 0 saturated carbocycles. The lowest BCUT2D eigenvalue weighted by Gasteiger charge is -2.37. The first-order chi connectivity index (χ1) is 14.5. The number of piperazine rings is 1. The van der Waals surface area contributed by atoms with Crippen molar-refractivity contribution in [2.45, 2.75) is 32.2 Å². The van der Waals surface area contributed by atoms with Crippen molar-refractivity contribution in [1.82, 2.24) is 19.9 Å². The van der Waals surface area contributed by atoms with Crippen LogP contribution in [0.1, 0.15) is 25.6 Å². The van der Waals surface area contributed by atoms with E-state index in [2.05, 4.69) is 46.6 Å². The average molecular weight is 428 g/mol. The van der Waals surface area contributed by atoms with Crippen LogP contribution in [0.5, 0.6) is 0 Å². The summed E-state index contributed by atoms with van der Waals surface area (Å²) < 4.78 is 0. The maximum atomic E-state index is 12.3. The van der Waals surface area contributed by atoms with E-state index in [0.29, 0.717) is 24.7 Å². The van der Waals surface area contributed by atoms with Crippen molar-refractivity contribution in [3.05, 3.63) is 24.0 Å². The lowest BCUT2D eigenvalue weighted by Crippen LogP contribution is -2.53. The number of anilines is 2. The summed E-state index contributed by atoms with van der Waals surface area (Å²) in [5.74, 6) is 1.76. The number of carbonyl (C=O) groups excluding carboxylic acids is 1. The molecule has 3 heterocycles. The molecule has 2 aromatic heterocycles. The van der Waals surface area contributed by atoms with Crippen LogP contribution in [-0.4, -0.2) is 63.7 Å². The number of nitrogens with one attached hydrogen (secondary N) is 1. The minimum absolute atomic E-state index is 0.0272. The highest BCUT2D eigenvalue weighted by Crippen LogP contribution is 2.30. The molecule has 1 fully saturated rings. The van der Waals surface area contributed by atoms with Crippen LogP contribution >= 0.6 is 12.6 Å². The minimum atomic E-state index is -0.535. The highest BCUT2D eigenvalue weighted by molar-refractivity contribution is 7.80. The van der Waals surface area contributed by atoms with Gasteiger partial charge < -0.3 is 26.3 Å². The van der Waals surface area contributed by atoms with E-state index in [1.807, 2.05) is 11.0 Å². The fourth-order valence-electron chi connectivity index (χ4n) is 3.96. The van der Waals surface area contributed by atoms with E-state index in [1.54, 1.807) is 0 Å². The number of nitrogens with two attached hydrogens (primary N) is 2. The molecule has 160 valence electrons. The first kappa shape index (κ1) is 20.7. The van der Waals surface area contributed by atoms with Crippen LogP contribution < -0.4 is 16.4 Å². The number of rotatable bonds is 6. The number of carbonyl (C=O) groups is 1. The van der Waals surface area contributed by atoms with E-state index in [0.717, 1.165) is 65.8 Å². The molecule has 0 radical (unpaired) electrons. The molecular formula is C21H29N7OS. The molecule has 0 spiro atoms. The number of fused-ring (bicyclic) bond motifs is 3. The van der Waals surface area contributed by atoms with E-state index in [1.165, 1.54) is 0 Å². The third-order valence-corrected chi connectivity index (χ3v) is 6.12. The van der Waals surface area contributed by atoms with Gasteiger partial charge in [0, 0.05) is 49.4 Å². The van der Waals surface area contributed by atoms with Gasteiger partial charge in [0.2, 0.25) is 5.91 Å². The number of hydrogen-bond acceptors (Lipinski definition) is 7. The standard InChI is InChI=1S/C21H29N7OS/c1-2-3-4-17-25-18-14-11-13(5-6-16(14)24-20(23)19(18)26-17)27-7-9-28(10-8-27)21(29)15(22)12-30/h5-6,11,15,30H,2-4,7-10,12,22H2,1H3,(H2,23,24)(H,25,26). The molecule has 0 aliphatic carbocycles. The molecule has 1 atom stereocenters. The summed E-state index contributed by atoms with van der Waals surface area (Å²) in [7, 11) is 0. The average Bonchev–Trinajstić information content (AvgIpc) is 3.22. The number of aryl methyl sites for hydroxylation is 1. The van der Waals surface area contributed by atoms with Crippen molar-refractivity contribution in [3.8, 4) is 0 Å². The largest absolute Gasteiger partial charge is 0.382 e. The van der Waals surface area contributed by atoms with Gasteiger partial charge in [0.15, 0.2) is 0 Å². The van der Waals surface area contributed by atoms with Gasteiger partial charge in [-0.1, -0.05) is 13.3 Å². The van der Waals surface area contributed by atoms with Crippen molar-refractivity contribution in [3.63, 3.8) is 0 Å². The fourth-order valence-corrected chi connectivity index (χ4v) is 4.11. The zero-order valence-corrected chi connectivity index (χ0v) is 18.2. The molecule has 8 nitrogen and oxygen atoms in total. The van der Waals surface area contributed by atoms with Crippen molar-refractivity contribution < 1.29 is 4.79 Å². The maximum Gasteiger partial charge on any atom is 0.240 e. The lowest BCUT2D eigenvalue weighted by molar-refractivity contribution is -0.132. The van der Waals surface area contributed by atoms with Gasteiger partial charge in [-0.2, -0.15) is 12.6 Å². The van der Waals surface area contributed by atoms with Crippen LogP contribution in [0.25, 0.3) is 21.9 Å². The number of thiol groups is 1.